The molecule has 3 atom stereocenters. The van der Waals surface area contributed by atoms with Crippen molar-refractivity contribution in [3.63, 3.8) is 0 Å². The average molecular weight is 652 g/mol. The van der Waals surface area contributed by atoms with Gasteiger partial charge in [-0.2, -0.15) is 15.2 Å². The molecule has 2 aromatic carbocycles. The molecular weight excluding hydrogens is 602 g/mol. The van der Waals surface area contributed by atoms with Crippen molar-refractivity contribution in [2.75, 3.05) is 49.6 Å². The molecule has 0 radical (unpaired) electrons. The van der Waals surface area contributed by atoms with Crippen molar-refractivity contribution in [1.29, 1.82) is 5.26 Å². The summed E-state index contributed by atoms with van der Waals surface area (Å²) < 4.78 is 12.2. The van der Waals surface area contributed by atoms with Crippen LogP contribution in [0.3, 0.4) is 0 Å². The van der Waals surface area contributed by atoms with E-state index >= 15 is 0 Å². The van der Waals surface area contributed by atoms with Crippen LogP contribution >= 0.6 is 0 Å². The summed E-state index contributed by atoms with van der Waals surface area (Å²) >= 11 is 0. The third kappa shape index (κ3) is 6.62. The molecule has 10 nitrogen and oxygen atoms in total. The maximum absolute atomic E-state index is 13.2. The minimum atomic E-state index is -0.521. The summed E-state index contributed by atoms with van der Waals surface area (Å²) in [7, 11) is 2.16. The maximum Gasteiger partial charge on any atom is 0.410 e. The van der Waals surface area contributed by atoms with E-state index in [0.717, 1.165) is 76.2 Å². The van der Waals surface area contributed by atoms with Crippen molar-refractivity contribution in [3.05, 3.63) is 53.2 Å². The smallest absolute Gasteiger partial charge is 0.410 e. The number of ether oxygens (including phenoxy) is 2. The van der Waals surface area contributed by atoms with Crippen LogP contribution in [-0.4, -0.2) is 89.4 Å². The Labute approximate surface area is 284 Å². The fourth-order valence-corrected chi connectivity index (χ4v) is 8.20. The summed E-state index contributed by atoms with van der Waals surface area (Å²) in [4.78, 5) is 32.6. The van der Waals surface area contributed by atoms with E-state index in [1.165, 1.54) is 34.0 Å². The van der Waals surface area contributed by atoms with Crippen LogP contribution in [0.15, 0.2) is 36.4 Å². The first-order chi connectivity index (χ1) is 23.2. The first kappa shape index (κ1) is 32.4. The molecule has 2 bridgehead atoms. The molecule has 10 heteroatoms. The number of aromatic nitrogens is 2. The normalized spacial score (nSPS) is 22.6. The van der Waals surface area contributed by atoms with Gasteiger partial charge in [-0.15, -0.1) is 0 Å². The molecule has 7 rings (SSSR count). The SMILES string of the molecule is CN1CCC[C@H]1COc1nc2c(c(N3CC4CCC(C3)N4C(=O)OC(C)(C)C)n1)CCN(c1cccc3cccc(CCCC#N)c13)C2. The van der Waals surface area contributed by atoms with Crippen molar-refractivity contribution < 1.29 is 14.3 Å². The number of hydrogen-bond acceptors (Lipinski definition) is 9. The number of hydrogen-bond donors (Lipinski definition) is 0. The number of rotatable bonds is 8. The van der Waals surface area contributed by atoms with E-state index in [1.54, 1.807) is 0 Å². The molecule has 0 aliphatic carbocycles. The third-order valence-corrected chi connectivity index (χ3v) is 10.5. The lowest BCUT2D eigenvalue weighted by atomic mass is 9.96. The van der Waals surface area contributed by atoms with Crippen LogP contribution in [0.1, 0.15) is 76.1 Å². The second-order valence-corrected chi connectivity index (χ2v) is 15.0. The van der Waals surface area contributed by atoms with Crippen molar-refractivity contribution in [2.45, 2.75) is 102 Å². The van der Waals surface area contributed by atoms with Gasteiger partial charge in [0, 0.05) is 48.7 Å². The number of carbonyl (C=O) groups excluding carboxylic acids is 1. The number of piperazine rings is 1. The maximum atomic E-state index is 13.2. The van der Waals surface area contributed by atoms with E-state index in [1.807, 2.05) is 25.7 Å². The Morgan fingerprint density at radius 1 is 1.02 bits per heavy atom. The number of fused-ring (bicyclic) bond motifs is 4. The standard InChI is InChI=1S/C38H49N7O3/c1-38(2,3)48-37(46)45-28-16-17-29(45)23-44(22-28)35-31-18-21-43(24-32(31)40-36(41-35)47-25-30-14-9-20-42(30)4)33-15-8-13-27-12-7-11-26(34(27)33)10-5-6-19-39/h7-8,11-13,15,28-30H,5-6,9-10,14,16-18,20-25H2,1-4H3/t28?,29?,30-/m0/s1. The topological polar surface area (TPSA) is 98.1 Å². The van der Waals surface area contributed by atoms with Gasteiger partial charge in [0.1, 0.15) is 18.0 Å². The van der Waals surface area contributed by atoms with E-state index in [-0.39, 0.29) is 18.2 Å². The monoisotopic (exact) mass is 651 g/mol. The fourth-order valence-electron chi connectivity index (χ4n) is 8.20. The molecule has 5 heterocycles. The van der Waals surface area contributed by atoms with Crippen LogP contribution in [0.5, 0.6) is 6.01 Å². The minimum absolute atomic E-state index is 0.0935. The first-order valence-electron chi connectivity index (χ1n) is 17.8. The molecule has 1 aromatic heterocycles. The first-order valence-corrected chi connectivity index (χ1v) is 17.8. The van der Waals surface area contributed by atoms with Crippen LogP contribution in [-0.2, 0) is 24.1 Å². The molecule has 4 aliphatic heterocycles. The highest BCUT2D eigenvalue weighted by atomic mass is 16.6. The van der Waals surface area contributed by atoms with Gasteiger partial charge in [0.2, 0.25) is 0 Å². The van der Waals surface area contributed by atoms with Gasteiger partial charge in [0.15, 0.2) is 0 Å². The molecule has 3 aromatic rings. The molecule has 3 fully saturated rings. The Balaban J connectivity index is 1.19. The van der Waals surface area contributed by atoms with E-state index in [0.29, 0.717) is 31.6 Å². The molecule has 0 N–H and O–H groups in total. The van der Waals surface area contributed by atoms with E-state index in [9.17, 15) is 4.79 Å². The van der Waals surface area contributed by atoms with Crippen molar-refractivity contribution >= 4 is 28.4 Å². The van der Waals surface area contributed by atoms with Gasteiger partial charge in [-0.3, -0.25) is 4.90 Å². The summed E-state index contributed by atoms with van der Waals surface area (Å²) in [5, 5.41) is 11.7. The summed E-state index contributed by atoms with van der Waals surface area (Å²) in [5.41, 5.74) is 4.19. The highest BCUT2D eigenvalue weighted by molar-refractivity contribution is 5.97. The van der Waals surface area contributed by atoms with Gasteiger partial charge in [-0.25, -0.2) is 4.79 Å². The van der Waals surface area contributed by atoms with Crippen LogP contribution in [0.2, 0.25) is 0 Å². The molecule has 48 heavy (non-hydrogen) atoms. The predicted molar refractivity (Wildman–Crippen MR) is 188 cm³/mol. The number of likely N-dealkylation sites (tertiary alicyclic amines) is 1. The van der Waals surface area contributed by atoms with Gasteiger partial charge in [-0.1, -0.05) is 30.3 Å². The number of anilines is 2. The number of amides is 1. The van der Waals surface area contributed by atoms with Gasteiger partial charge in [0.05, 0.1) is 30.4 Å². The largest absolute Gasteiger partial charge is 0.462 e. The number of aryl methyl sites for hydroxylation is 1. The molecule has 2 unspecified atom stereocenters. The average Bonchev–Trinajstić information content (AvgIpc) is 3.60. The van der Waals surface area contributed by atoms with E-state index in [4.69, 9.17) is 24.7 Å². The molecule has 254 valence electrons. The number of benzene rings is 2. The van der Waals surface area contributed by atoms with Gasteiger partial charge < -0.3 is 24.2 Å². The number of carbonyl (C=O) groups is 1. The van der Waals surface area contributed by atoms with Gasteiger partial charge >= 0.3 is 12.1 Å². The number of likely N-dealkylation sites (N-methyl/N-ethyl adjacent to an activating group) is 1. The molecule has 0 spiro atoms. The Hall–Kier alpha value is -4.10. The Bertz CT molecular complexity index is 1680. The van der Waals surface area contributed by atoms with Crippen LogP contribution < -0.4 is 14.5 Å². The van der Waals surface area contributed by atoms with Crippen molar-refractivity contribution in [2.24, 2.45) is 0 Å². The minimum Gasteiger partial charge on any atom is -0.462 e. The number of nitriles is 1. The molecular formula is C38H49N7O3. The zero-order chi connectivity index (χ0) is 33.4. The van der Waals surface area contributed by atoms with Gasteiger partial charge in [0.25, 0.3) is 0 Å². The Morgan fingerprint density at radius 2 is 1.79 bits per heavy atom. The number of unbranched alkanes of at least 4 members (excludes halogenated alkanes) is 1. The lowest BCUT2D eigenvalue weighted by Crippen LogP contribution is -2.57. The molecule has 4 aliphatic rings. The molecule has 0 saturated carbocycles. The highest BCUT2D eigenvalue weighted by Gasteiger charge is 2.45. The van der Waals surface area contributed by atoms with Crippen LogP contribution in [0.4, 0.5) is 16.3 Å². The Morgan fingerprint density at radius 3 is 2.50 bits per heavy atom. The summed E-state index contributed by atoms with van der Waals surface area (Å²) in [6, 6.07) is 16.4. The predicted octanol–water partition coefficient (Wildman–Crippen LogP) is 6.10. The Kier molecular flexibility index (Phi) is 9.08. The zero-order valence-corrected chi connectivity index (χ0v) is 29.0. The quantitative estimate of drug-likeness (QED) is 0.268. The second-order valence-electron chi connectivity index (χ2n) is 15.0. The summed E-state index contributed by atoms with van der Waals surface area (Å²) in [6.07, 6.45) is 7.15. The molecule has 1 amide bonds. The van der Waals surface area contributed by atoms with E-state index in [2.05, 4.69) is 64.2 Å². The fraction of sp³-hybridized carbons (Fsp3) is 0.579. The number of nitrogens with zero attached hydrogens (tertiary/aromatic N) is 7. The van der Waals surface area contributed by atoms with Crippen LogP contribution in [0, 0.1) is 11.3 Å². The van der Waals surface area contributed by atoms with Crippen LogP contribution in [0.25, 0.3) is 10.8 Å². The van der Waals surface area contributed by atoms with Crippen molar-refractivity contribution in [3.8, 4) is 12.1 Å². The van der Waals surface area contributed by atoms with Gasteiger partial charge in [-0.05, 0) is 96.3 Å². The van der Waals surface area contributed by atoms with Crippen molar-refractivity contribution in [1.82, 2.24) is 19.8 Å². The zero-order valence-electron chi connectivity index (χ0n) is 29.0. The second kappa shape index (κ2) is 13.4. The highest BCUT2D eigenvalue weighted by Crippen LogP contribution is 2.39. The third-order valence-electron chi connectivity index (χ3n) is 10.5. The lowest BCUT2D eigenvalue weighted by Gasteiger charge is -2.43. The summed E-state index contributed by atoms with van der Waals surface area (Å²) in [6.45, 7) is 10.4. The molecule has 3 saturated heterocycles. The lowest BCUT2D eigenvalue weighted by molar-refractivity contribution is 0.0122. The van der Waals surface area contributed by atoms with E-state index < -0.39 is 5.60 Å². The summed E-state index contributed by atoms with van der Waals surface area (Å²) in [5.74, 6) is 0.963.